The molecule has 0 saturated heterocycles. The van der Waals surface area contributed by atoms with Crippen molar-refractivity contribution in [3.8, 4) is 0 Å². The molecule has 0 heterocycles. The number of anilines is 2. The van der Waals surface area contributed by atoms with Gasteiger partial charge in [-0.1, -0.05) is 54.4 Å². The molecule has 3 aromatic carbocycles. The van der Waals surface area contributed by atoms with Crippen molar-refractivity contribution < 1.29 is 13.2 Å². The number of aryl methyl sites for hydroxylation is 1. The molecule has 29 heavy (non-hydrogen) atoms. The molecule has 1 amide bonds. The van der Waals surface area contributed by atoms with E-state index in [2.05, 4.69) is 10.0 Å². The minimum atomic E-state index is -3.98. The average molecular weight is 449 g/mol. The van der Waals surface area contributed by atoms with E-state index in [1.54, 1.807) is 18.2 Å². The molecule has 0 radical (unpaired) electrons. The number of nitrogens with one attached hydrogen (secondary N) is 2. The van der Waals surface area contributed by atoms with E-state index in [-0.39, 0.29) is 26.5 Å². The molecule has 3 rings (SSSR count). The quantitative estimate of drug-likeness (QED) is 0.514. The van der Waals surface area contributed by atoms with Gasteiger partial charge in [0.15, 0.2) is 0 Å². The highest BCUT2D eigenvalue weighted by Gasteiger charge is 2.19. The van der Waals surface area contributed by atoms with Gasteiger partial charge in [0, 0.05) is 22.0 Å². The molecule has 3 aromatic rings. The summed E-state index contributed by atoms with van der Waals surface area (Å²) in [5, 5.41) is 3.16. The monoisotopic (exact) mass is 448 g/mol. The SMILES string of the molecule is CCc1ccccc1NC(=O)c1cccc(NS(=O)(=O)c2cc(Cl)ccc2Cl)c1. The lowest BCUT2D eigenvalue weighted by molar-refractivity contribution is 0.102. The van der Waals surface area contributed by atoms with Crippen LogP contribution < -0.4 is 10.0 Å². The third-order valence-electron chi connectivity index (χ3n) is 4.21. The van der Waals surface area contributed by atoms with Gasteiger partial charge in [-0.15, -0.1) is 0 Å². The van der Waals surface area contributed by atoms with E-state index in [9.17, 15) is 13.2 Å². The summed E-state index contributed by atoms with van der Waals surface area (Å²) in [4.78, 5) is 12.5. The molecule has 0 spiro atoms. The van der Waals surface area contributed by atoms with Crippen molar-refractivity contribution in [2.24, 2.45) is 0 Å². The topological polar surface area (TPSA) is 75.3 Å². The molecule has 5 nitrogen and oxygen atoms in total. The Bertz CT molecular complexity index is 1160. The summed E-state index contributed by atoms with van der Waals surface area (Å²) in [6.45, 7) is 2.00. The highest BCUT2D eigenvalue weighted by atomic mass is 35.5. The fourth-order valence-electron chi connectivity index (χ4n) is 2.76. The summed E-state index contributed by atoms with van der Waals surface area (Å²) < 4.78 is 27.8. The van der Waals surface area contributed by atoms with Crippen LogP contribution in [0.1, 0.15) is 22.8 Å². The molecule has 0 bridgehead atoms. The zero-order valence-electron chi connectivity index (χ0n) is 15.4. The number of carbonyl (C=O) groups excluding carboxylic acids is 1. The zero-order chi connectivity index (χ0) is 21.0. The molecule has 0 aliphatic carbocycles. The van der Waals surface area contributed by atoms with E-state index < -0.39 is 10.0 Å². The van der Waals surface area contributed by atoms with Crippen LogP contribution in [0.15, 0.2) is 71.6 Å². The van der Waals surface area contributed by atoms with Crippen LogP contribution in [0.3, 0.4) is 0 Å². The molecule has 0 fully saturated rings. The maximum absolute atomic E-state index is 12.7. The molecule has 0 atom stereocenters. The first-order valence-corrected chi connectivity index (χ1v) is 11.0. The van der Waals surface area contributed by atoms with Gasteiger partial charge in [-0.25, -0.2) is 8.42 Å². The van der Waals surface area contributed by atoms with Crippen molar-refractivity contribution in [2.45, 2.75) is 18.2 Å². The number of sulfonamides is 1. The third kappa shape index (κ3) is 5.09. The predicted octanol–water partition coefficient (Wildman–Crippen LogP) is 5.61. The lowest BCUT2D eigenvalue weighted by atomic mass is 10.1. The summed E-state index contributed by atoms with van der Waals surface area (Å²) in [5.74, 6) is -0.340. The van der Waals surface area contributed by atoms with Crippen LogP contribution >= 0.6 is 23.2 Å². The lowest BCUT2D eigenvalue weighted by Gasteiger charge is -2.12. The van der Waals surface area contributed by atoms with Gasteiger partial charge in [0.1, 0.15) is 4.90 Å². The van der Waals surface area contributed by atoms with E-state index >= 15 is 0 Å². The normalized spacial score (nSPS) is 11.1. The molecular formula is C21H18Cl2N2O3S. The zero-order valence-corrected chi connectivity index (χ0v) is 17.8. The second-order valence-corrected chi connectivity index (χ2v) is 8.72. The standard InChI is InChI=1S/C21H18Cl2N2O3S/c1-2-14-6-3-4-9-19(14)24-21(26)15-7-5-8-17(12-15)25-29(27,28)20-13-16(22)10-11-18(20)23/h3-13,25H,2H2,1H3,(H,24,26). The van der Waals surface area contributed by atoms with Crippen molar-refractivity contribution in [1.29, 1.82) is 0 Å². The van der Waals surface area contributed by atoms with Crippen LogP contribution in [-0.2, 0) is 16.4 Å². The number of para-hydroxylation sites is 1. The molecule has 0 saturated carbocycles. The van der Waals surface area contributed by atoms with Crippen molar-refractivity contribution >= 4 is 50.5 Å². The van der Waals surface area contributed by atoms with Crippen LogP contribution in [-0.4, -0.2) is 14.3 Å². The molecular weight excluding hydrogens is 431 g/mol. The van der Waals surface area contributed by atoms with E-state index in [1.165, 1.54) is 24.3 Å². The second-order valence-electron chi connectivity index (χ2n) is 6.23. The van der Waals surface area contributed by atoms with Gasteiger partial charge in [-0.3, -0.25) is 9.52 Å². The highest BCUT2D eigenvalue weighted by Crippen LogP contribution is 2.27. The second kappa shape index (κ2) is 8.86. The van der Waals surface area contributed by atoms with Gasteiger partial charge in [0.2, 0.25) is 0 Å². The minimum Gasteiger partial charge on any atom is -0.322 e. The van der Waals surface area contributed by atoms with E-state index in [0.717, 1.165) is 17.7 Å². The van der Waals surface area contributed by atoms with Crippen LogP contribution in [0.25, 0.3) is 0 Å². The van der Waals surface area contributed by atoms with Crippen molar-refractivity contribution in [3.05, 3.63) is 87.9 Å². The molecule has 0 aromatic heterocycles. The molecule has 2 N–H and O–H groups in total. The third-order valence-corrected chi connectivity index (χ3v) is 6.30. The van der Waals surface area contributed by atoms with Crippen LogP contribution in [0.5, 0.6) is 0 Å². The number of carbonyl (C=O) groups is 1. The van der Waals surface area contributed by atoms with Crippen LogP contribution in [0.2, 0.25) is 10.0 Å². The minimum absolute atomic E-state index is 0.0481. The number of halogens is 2. The Morgan fingerprint density at radius 3 is 2.48 bits per heavy atom. The Labute approximate surface area is 179 Å². The maximum Gasteiger partial charge on any atom is 0.263 e. The lowest BCUT2D eigenvalue weighted by Crippen LogP contribution is -2.16. The first-order chi connectivity index (χ1) is 13.8. The largest absolute Gasteiger partial charge is 0.322 e. The van der Waals surface area contributed by atoms with Gasteiger partial charge < -0.3 is 5.32 Å². The average Bonchev–Trinajstić information content (AvgIpc) is 2.70. The fourth-order valence-corrected chi connectivity index (χ4v) is 4.58. The van der Waals surface area contributed by atoms with Crippen LogP contribution in [0, 0.1) is 0 Å². The number of hydrogen-bond donors (Lipinski definition) is 2. The van der Waals surface area contributed by atoms with E-state index in [0.29, 0.717) is 5.56 Å². The highest BCUT2D eigenvalue weighted by molar-refractivity contribution is 7.92. The first kappa shape index (κ1) is 21.2. The Balaban J connectivity index is 1.84. The molecule has 0 aliphatic heterocycles. The number of benzene rings is 3. The van der Waals surface area contributed by atoms with Crippen molar-refractivity contribution in [2.75, 3.05) is 10.0 Å². The van der Waals surface area contributed by atoms with Gasteiger partial charge >= 0.3 is 0 Å². The van der Waals surface area contributed by atoms with E-state index in [4.69, 9.17) is 23.2 Å². The molecule has 0 unspecified atom stereocenters. The Morgan fingerprint density at radius 2 is 1.72 bits per heavy atom. The Hall–Kier alpha value is -2.54. The summed E-state index contributed by atoms with van der Waals surface area (Å²) in [5.41, 5.74) is 2.27. The fraction of sp³-hybridized carbons (Fsp3) is 0.0952. The first-order valence-electron chi connectivity index (χ1n) is 8.77. The molecule has 0 aliphatic rings. The Morgan fingerprint density at radius 1 is 0.966 bits per heavy atom. The van der Waals surface area contributed by atoms with Crippen molar-refractivity contribution in [1.82, 2.24) is 0 Å². The van der Waals surface area contributed by atoms with Gasteiger partial charge in [0.25, 0.3) is 15.9 Å². The van der Waals surface area contributed by atoms with Gasteiger partial charge in [-0.2, -0.15) is 0 Å². The number of amides is 1. The number of rotatable bonds is 6. The summed E-state index contributed by atoms with van der Waals surface area (Å²) in [7, 11) is -3.98. The number of hydrogen-bond acceptors (Lipinski definition) is 3. The molecule has 150 valence electrons. The predicted molar refractivity (Wildman–Crippen MR) is 117 cm³/mol. The van der Waals surface area contributed by atoms with Crippen molar-refractivity contribution in [3.63, 3.8) is 0 Å². The van der Waals surface area contributed by atoms with Gasteiger partial charge in [-0.05, 0) is 54.4 Å². The summed E-state index contributed by atoms with van der Waals surface area (Å²) >= 11 is 11.9. The van der Waals surface area contributed by atoms with Gasteiger partial charge in [0.05, 0.1) is 5.02 Å². The van der Waals surface area contributed by atoms with Crippen LogP contribution in [0.4, 0.5) is 11.4 Å². The Kier molecular flexibility index (Phi) is 6.47. The maximum atomic E-state index is 12.7. The smallest absolute Gasteiger partial charge is 0.263 e. The van der Waals surface area contributed by atoms with E-state index in [1.807, 2.05) is 31.2 Å². The summed E-state index contributed by atoms with van der Waals surface area (Å²) in [6, 6.07) is 17.9. The summed E-state index contributed by atoms with van der Waals surface area (Å²) in [6.07, 6.45) is 0.774. The molecule has 8 heteroatoms.